The fourth-order valence-corrected chi connectivity index (χ4v) is 1.26. The van der Waals surface area contributed by atoms with Gasteiger partial charge in [-0.1, -0.05) is 0 Å². The molecule has 1 N–H and O–H groups in total. The van der Waals surface area contributed by atoms with Crippen molar-refractivity contribution in [2.45, 2.75) is 12.6 Å². The van der Waals surface area contributed by atoms with Crippen molar-refractivity contribution in [3.8, 4) is 0 Å². The van der Waals surface area contributed by atoms with Crippen LogP contribution in [0.4, 0.5) is 24.5 Å². The molecule has 0 atom stereocenters. The fraction of sp³-hybridized carbons (Fsp3) is 0.300. The second-order valence-corrected chi connectivity index (χ2v) is 3.44. The van der Waals surface area contributed by atoms with Crippen LogP contribution in [-0.4, -0.2) is 23.9 Å². The molecule has 0 bridgehead atoms. The second kappa shape index (κ2) is 5.48. The van der Waals surface area contributed by atoms with E-state index in [1.54, 1.807) is 0 Å². The molecular formula is C10H9F3N2O3. The highest BCUT2D eigenvalue weighted by atomic mass is 19.4. The van der Waals surface area contributed by atoms with Gasteiger partial charge in [0.15, 0.2) is 0 Å². The first-order chi connectivity index (χ1) is 8.33. The maximum atomic E-state index is 11.9. The zero-order chi connectivity index (χ0) is 13.8. The van der Waals surface area contributed by atoms with E-state index in [-0.39, 0.29) is 11.3 Å². The minimum absolute atomic E-state index is 0.0464. The van der Waals surface area contributed by atoms with Gasteiger partial charge in [0.05, 0.1) is 11.3 Å². The predicted octanol–water partition coefficient (Wildman–Crippen LogP) is 2.77. The van der Waals surface area contributed by atoms with Crippen LogP contribution in [0.2, 0.25) is 0 Å². The van der Waals surface area contributed by atoms with Crippen LogP contribution in [-0.2, 0) is 0 Å². The molecule has 0 radical (unpaired) electrons. The third-order valence-electron chi connectivity index (χ3n) is 2.08. The number of carbonyl (C=O) groups excluding carboxylic acids is 1. The summed E-state index contributed by atoms with van der Waals surface area (Å²) < 4.78 is 35.7. The summed E-state index contributed by atoms with van der Waals surface area (Å²) in [5.41, 5.74) is -0.389. The average Bonchev–Trinajstić information content (AvgIpc) is 2.27. The Bertz CT molecular complexity index is 460. The van der Waals surface area contributed by atoms with Crippen LogP contribution in [0.15, 0.2) is 18.2 Å². The minimum atomic E-state index is -4.33. The second-order valence-electron chi connectivity index (χ2n) is 3.44. The van der Waals surface area contributed by atoms with Crippen molar-refractivity contribution < 1.29 is 22.9 Å². The maximum Gasteiger partial charge on any atom is 0.390 e. The van der Waals surface area contributed by atoms with E-state index in [4.69, 9.17) is 0 Å². The molecule has 5 nitrogen and oxygen atoms in total. The predicted molar refractivity (Wildman–Crippen MR) is 57.6 cm³/mol. The van der Waals surface area contributed by atoms with Crippen molar-refractivity contribution >= 4 is 17.7 Å². The normalized spacial score (nSPS) is 11.1. The van der Waals surface area contributed by atoms with E-state index in [9.17, 15) is 28.1 Å². The summed E-state index contributed by atoms with van der Waals surface area (Å²) in [6.45, 7) is -0.467. The molecule has 0 aromatic heterocycles. The van der Waals surface area contributed by atoms with Crippen LogP contribution < -0.4 is 5.32 Å². The highest BCUT2D eigenvalue weighted by Crippen LogP contribution is 2.26. The first-order valence-electron chi connectivity index (χ1n) is 4.88. The molecule has 1 aromatic carbocycles. The van der Waals surface area contributed by atoms with E-state index < -0.39 is 29.8 Å². The lowest BCUT2D eigenvalue weighted by Crippen LogP contribution is -2.15. The first kappa shape index (κ1) is 13.9. The Hall–Kier alpha value is -2.12. The van der Waals surface area contributed by atoms with Gasteiger partial charge < -0.3 is 5.32 Å². The van der Waals surface area contributed by atoms with Crippen LogP contribution in [0.5, 0.6) is 0 Å². The molecule has 1 rings (SSSR count). The smallest absolute Gasteiger partial charge is 0.379 e. The van der Waals surface area contributed by atoms with E-state index in [2.05, 4.69) is 5.32 Å². The van der Waals surface area contributed by atoms with Crippen LogP contribution in [0, 0.1) is 10.1 Å². The van der Waals surface area contributed by atoms with Crippen molar-refractivity contribution in [2.24, 2.45) is 0 Å². The summed E-state index contributed by atoms with van der Waals surface area (Å²) in [6.07, 6.45) is -5.00. The lowest BCUT2D eigenvalue weighted by Gasteiger charge is -2.09. The third-order valence-corrected chi connectivity index (χ3v) is 2.08. The molecule has 8 heteroatoms. The number of nitrogens with one attached hydrogen (secondary N) is 1. The molecule has 0 heterocycles. The van der Waals surface area contributed by atoms with Crippen LogP contribution in [0.1, 0.15) is 16.8 Å². The zero-order valence-corrected chi connectivity index (χ0v) is 9.03. The molecule has 98 valence electrons. The molecule has 0 fully saturated rings. The number of aldehydes is 1. The van der Waals surface area contributed by atoms with Gasteiger partial charge in [0.25, 0.3) is 5.69 Å². The summed E-state index contributed by atoms with van der Waals surface area (Å²) in [4.78, 5) is 20.4. The van der Waals surface area contributed by atoms with Gasteiger partial charge in [0, 0.05) is 18.2 Å². The van der Waals surface area contributed by atoms with Gasteiger partial charge in [-0.3, -0.25) is 14.9 Å². The number of hydrogen-bond acceptors (Lipinski definition) is 4. The molecule has 0 saturated carbocycles. The van der Waals surface area contributed by atoms with Gasteiger partial charge in [-0.15, -0.1) is 0 Å². The van der Waals surface area contributed by atoms with Gasteiger partial charge in [-0.05, 0) is 12.1 Å². The summed E-state index contributed by atoms with van der Waals surface area (Å²) in [6, 6.07) is 3.50. The Labute approximate surface area is 99.8 Å². The van der Waals surface area contributed by atoms with E-state index in [0.29, 0.717) is 6.29 Å². The molecule has 0 aliphatic carbocycles. The van der Waals surface area contributed by atoms with Crippen LogP contribution in [0.3, 0.4) is 0 Å². The molecule has 0 saturated heterocycles. The van der Waals surface area contributed by atoms with Crippen LogP contribution >= 0.6 is 0 Å². The van der Waals surface area contributed by atoms with Crippen LogP contribution in [0.25, 0.3) is 0 Å². The lowest BCUT2D eigenvalue weighted by molar-refractivity contribution is -0.384. The largest absolute Gasteiger partial charge is 0.390 e. The van der Waals surface area contributed by atoms with E-state index >= 15 is 0 Å². The maximum absolute atomic E-state index is 11.9. The number of alkyl halides is 3. The lowest BCUT2D eigenvalue weighted by atomic mass is 10.2. The standard InChI is InChI=1S/C10H9F3N2O3/c11-10(12,13)3-4-14-8-2-1-7(6-16)5-9(8)15(17)18/h1-2,5-6,14H,3-4H2. The van der Waals surface area contributed by atoms with Crippen molar-refractivity contribution in [3.05, 3.63) is 33.9 Å². The number of nitrogens with zero attached hydrogens (tertiary/aromatic N) is 1. The quantitative estimate of drug-likeness (QED) is 0.503. The van der Waals surface area contributed by atoms with E-state index in [0.717, 1.165) is 6.07 Å². The third kappa shape index (κ3) is 4.04. The average molecular weight is 262 g/mol. The van der Waals surface area contributed by atoms with Gasteiger partial charge in [-0.2, -0.15) is 13.2 Å². The number of nitro groups is 1. The Morgan fingerprint density at radius 3 is 2.56 bits per heavy atom. The summed E-state index contributed by atoms with van der Waals surface area (Å²) >= 11 is 0. The Kier molecular flexibility index (Phi) is 4.24. The summed E-state index contributed by atoms with van der Waals surface area (Å²) in [5.74, 6) is 0. The number of nitro benzene ring substituents is 1. The Morgan fingerprint density at radius 1 is 1.39 bits per heavy atom. The highest BCUT2D eigenvalue weighted by Gasteiger charge is 2.26. The fourth-order valence-electron chi connectivity index (χ4n) is 1.26. The number of benzene rings is 1. The Morgan fingerprint density at radius 2 is 2.06 bits per heavy atom. The van der Waals surface area contributed by atoms with E-state index in [1.165, 1.54) is 12.1 Å². The molecule has 1 aromatic rings. The SMILES string of the molecule is O=Cc1ccc(NCCC(F)(F)F)c([N+](=O)[O-])c1. The van der Waals surface area contributed by atoms with Crippen molar-refractivity contribution in [1.29, 1.82) is 0 Å². The van der Waals surface area contributed by atoms with Gasteiger partial charge in [0.2, 0.25) is 0 Å². The zero-order valence-electron chi connectivity index (χ0n) is 9.03. The van der Waals surface area contributed by atoms with Crippen molar-refractivity contribution in [2.75, 3.05) is 11.9 Å². The number of hydrogen-bond donors (Lipinski definition) is 1. The Balaban J connectivity index is 2.82. The summed E-state index contributed by atoms with van der Waals surface area (Å²) in [7, 11) is 0. The number of anilines is 1. The summed E-state index contributed by atoms with van der Waals surface area (Å²) in [5, 5.41) is 13.0. The molecular weight excluding hydrogens is 253 g/mol. The first-order valence-corrected chi connectivity index (χ1v) is 4.88. The molecule has 18 heavy (non-hydrogen) atoms. The minimum Gasteiger partial charge on any atom is -0.379 e. The van der Waals surface area contributed by atoms with Crippen molar-refractivity contribution in [3.63, 3.8) is 0 Å². The molecule has 0 aliphatic rings. The highest BCUT2D eigenvalue weighted by molar-refractivity contribution is 5.79. The van der Waals surface area contributed by atoms with Gasteiger partial charge >= 0.3 is 6.18 Å². The monoisotopic (exact) mass is 262 g/mol. The molecule has 0 aliphatic heterocycles. The molecule has 0 amide bonds. The van der Waals surface area contributed by atoms with Crippen molar-refractivity contribution in [1.82, 2.24) is 0 Å². The van der Waals surface area contributed by atoms with Gasteiger partial charge in [-0.25, -0.2) is 0 Å². The molecule has 0 unspecified atom stereocenters. The number of rotatable bonds is 5. The van der Waals surface area contributed by atoms with Gasteiger partial charge in [0.1, 0.15) is 12.0 Å². The topological polar surface area (TPSA) is 72.2 Å². The number of halogens is 3. The number of carbonyl (C=O) groups is 1. The van der Waals surface area contributed by atoms with E-state index in [1.807, 2.05) is 0 Å². The molecule has 0 spiro atoms.